The van der Waals surface area contributed by atoms with Gasteiger partial charge in [-0.2, -0.15) is 0 Å². The summed E-state index contributed by atoms with van der Waals surface area (Å²) < 4.78 is 20.5. The topological polar surface area (TPSA) is 136 Å². The maximum atomic E-state index is 14.9. The first kappa shape index (κ1) is 29.9. The minimum Gasteiger partial charge on any atom is -0.457 e. The molecule has 40 heavy (non-hydrogen) atoms. The van der Waals surface area contributed by atoms with Crippen LogP contribution in [0.4, 0.5) is 10.2 Å². The highest BCUT2D eigenvalue weighted by Gasteiger charge is 2.23. The van der Waals surface area contributed by atoms with E-state index in [1.165, 1.54) is 44.2 Å². The van der Waals surface area contributed by atoms with Crippen molar-refractivity contribution in [2.45, 2.75) is 26.7 Å². The van der Waals surface area contributed by atoms with Gasteiger partial charge in [0.25, 0.3) is 5.91 Å². The Morgan fingerprint density at radius 2 is 2.00 bits per heavy atom. The standard InChI is InChI=1S/C20H19FN6O2.C9H15NO/c1-11-17(19(22)27-10-26-11)18(23-2)14-5-4-12(8-15(14)21)29-13-6-7-25-16(9-13)20(28)24-3;1-3-8-5-6-10(7-8)9(11)4-2/h4-10H,1-3H3,(H,24,28)(H2,22,26,27);4,8H,2-3,5-7H2,1H3. The second kappa shape index (κ2) is 13.9. The molecule has 0 bridgehead atoms. The molecule has 1 aliphatic heterocycles. The molecular weight excluding hydrogens is 513 g/mol. The number of aryl methyl sites for hydroxylation is 1. The zero-order valence-electron chi connectivity index (χ0n) is 23.1. The third kappa shape index (κ3) is 7.25. The molecule has 10 nitrogen and oxygen atoms in total. The van der Waals surface area contributed by atoms with Gasteiger partial charge in [0, 0.05) is 51.1 Å². The highest BCUT2D eigenvalue weighted by Crippen LogP contribution is 2.26. The molecule has 4 rings (SSSR count). The largest absolute Gasteiger partial charge is 0.457 e. The Kier molecular flexibility index (Phi) is 10.4. The second-order valence-corrected chi connectivity index (χ2v) is 9.04. The number of nitrogens with zero attached hydrogens (tertiary/aromatic N) is 5. The van der Waals surface area contributed by atoms with E-state index < -0.39 is 5.82 Å². The molecule has 0 radical (unpaired) electrons. The predicted octanol–water partition coefficient (Wildman–Crippen LogP) is 3.95. The Bertz CT molecular complexity index is 1390. The summed E-state index contributed by atoms with van der Waals surface area (Å²) in [4.78, 5) is 40.9. The SMILES string of the molecule is C=CC(=O)N1CCC(CC)C1.CN=C(c1ccc(Oc2ccnc(C(=O)NC)c2)cc1F)c1c(C)ncnc1N. The summed E-state index contributed by atoms with van der Waals surface area (Å²) in [5.74, 6) is 0.734. The molecule has 2 aromatic heterocycles. The van der Waals surface area contributed by atoms with Crippen LogP contribution < -0.4 is 15.8 Å². The number of rotatable bonds is 7. The van der Waals surface area contributed by atoms with Crippen molar-refractivity contribution in [3.8, 4) is 11.5 Å². The third-order valence-electron chi connectivity index (χ3n) is 6.50. The number of hydrogen-bond acceptors (Lipinski definition) is 8. The predicted molar refractivity (Wildman–Crippen MR) is 152 cm³/mol. The van der Waals surface area contributed by atoms with Crippen LogP contribution in [-0.2, 0) is 4.79 Å². The van der Waals surface area contributed by atoms with Crippen LogP contribution >= 0.6 is 0 Å². The zero-order chi connectivity index (χ0) is 29.2. The Hall–Kier alpha value is -4.67. The normalized spacial score (nSPS) is 14.7. The Morgan fingerprint density at radius 1 is 1.25 bits per heavy atom. The molecule has 1 saturated heterocycles. The van der Waals surface area contributed by atoms with Gasteiger partial charge in [0.1, 0.15) is 35.2 Å². The lowest BCUT2D eigenvalue weighted by Gasteiger charge is -2.13. The average Bonchev–Trinajstić information content (AvgIpc) is 3.45. The number of halogens is 1. The lowest BCUT2D eigenvalue weighted by molar-refractivity contribution is -0.125. The number of anilines is 1. The lowest BCUT2D eigenvalue weighted by Crippen LogP contribution is -2.26. The molecule has 1 atom stereocenters. The number of nitrogens with two attached hydrogens (primary N) is 1. The van der Waals surface area contributed by atoms with Crippen molar-refractivity contribution in [1.82, 2.24) is 25.2 Å². The number of ether oxygens (including phenoxy) is 1. The monoisotopic (exact) mass is 547 g/mol. The minimum absolute atomic E-state index is 0.0842. The fourth-order valence-corrected chi connectivity index (χ4v) is 4.26. The summed E-state index contributed by atoms with van der Waals surface area (Å²) in [5, 5.41) is 2.48. The van der Waals surface area contributed by atoms with Gasteiger partial charge in [-0.3, -0.25) is 19.6 Å². The molecule has 1 aliphatic rings. The average molecular weight is 548 g/mol. The fourth-order valence-electron chi connectivity index (χ4n) is 4.26. The smallest absolute Gasteiger partial charge is 0.269 e. The number of carbonyl (C=O) groups excluding carboxylic acids is 2. The fraction of sp³-hybridized carbons (Fsp3) is 0.310. The molecular formula is C29H34FN7O3. The van der Waals surface area contributed by atoms with E-state index in [4.69, 9.17) is 10.5 Å². The number of pyridine rings is 1. The summed E-state index contributed by atoms with van der Waals surface area (Å²) >= 11 is 0. The maximum Gasteiger partial charge on any atom is 0.269 e. The van der Waals surface area contributed by atoms with Crippen molar-refractivity contribution in [3.05, 3.63) is 83.8 Å². The van der Waals surface area contributed by atoms with E-state index in [0.717, 1.165) is 25.4 Å². The number of aromatic nitrogens is 3. The van der Waals surface area contributed by atoms with Gasteiger partial charge in [-0.05, 0) is 43.5 Å². The summed E-state index contributed by atoms with van der Waals surface area (Å²) in [6.07, 6.45) is 6.53. The van der Waals surface area contributed by atoms with E-state index in [9.17, 15) is 14.0 Å². The number of carbonyl (C=O) groups is 2. The second-order valence-electron chi connectivity index (χ2n) is 9.04. The minimum atomic E-state index is -0.550. The molecule has 0 spiro atoms. The quantitative estimate of drug-likeness (QED) is 0.338. The van der Waals surface area contributed by atoms with Crippen molar-refractivity contribution < 1.29 is 18.7 Å². The Morgan fingerprint density at radius 3 is 2.60 bits per heavy atom. The summed E-state index contributed by atoms with van der Waals surface area (Å²) in [5.41, 5.74) is 7.80. The first-order valence-electron chi connectivity index (χ1n) is 12.8. The highest BCUT2D eigenvalue weighted by atomic mass is 19.1. The van der Waals surface area contributed by atoms with Gasteiger partial charge < -0.3 is 20.7 Å². The van der Waals surface area contributed by atoms with Gasteiger partial charge in [0.15, 0.2) is 0 Å². The number of amides is 2. The molecule has 1 unspecified atom stereocenters. The van der Waals surface area contributed by atoms with Gasteiger partial charge in [0.05, 0.1) is 17.0 Å². The highest BCUT2D eigenvalue weighted by molar-refractivity contribution is 6.16. The van der Waals surface area contributed by atoms with Crippen LogP contribution in [-0.4, -0.2) is 64.6 Å². The molecule has 210 valence electrons. The summed E-state index contributed by atoms with van der Waals surface area (Å²) in [6, 6.07) is 7.41. The number of aliphatic imine (C=N–C) groups is 1. The van der Waals surface area contributed by atoms with E-state index in [2.05, 4.69) is 38.8 Å². The van der Waals surface area contributed by atoms with Gasteiger partial charge in [-0.1, -0.05) is 19.9 Å². The van der Waals surface area contributed by atoms with Crippen LogP contribution in [0.5, 0.6) is 11.5 Å². The van der Waals surface area contributed by atoms with E-state index >= 15 is 0 Å². The molecule has 1 aromatic carbocycles. The molecule has 0 aliphatic carbocycles. The van der Waals surface area contributed by atoms with E-state index in [0.29, 0.717) is 22.7 Å². The van der Waals surface area contributed by atoms with Crippen molar-refractivity contribution in [1.29, 1.82) is 0 Å². The van der Waals surface area contributed by atoms with Crippen molar-refractivity contribution in [3.63, 3.8) is 0 Å². The molecule has 0 saturated carbocycles. The Balaban J connectivity index is 0.000000336. The van der Waals surface area contributed by atoms with Gasteiger partial charge >= 0.3 is 0 Å². The first-order chi connectivity index (χ1) is 19.2. The van der Waals surface area contributed by atoms with Gasteiger partial charge in [-0.15, -0.1) is 0 Å². The third-order valence-corrected chi connectivity index (χ3v) is 6.50. The molecule has 3 heterocycles. The molecule has 3 aromatic rings. The molecule has 1 fully saturated rings. The number of hydrogen-bond donors (Lipinski definition) is 2. The van der Waals surface area contributed by atoms with Crippen LogP contribution in [0.2, 0.25) is 0 Å². The zero-order valence-corrected chi connectivity index (χ0v) is 23.1. The van der Waals surface area contributed by atoms with Crippen LogP contribution in [0.3, 0.4) is 0 Å². The van der Waals surface area contributed by atoms with Gasteiger partial charge in [0.2, 0.25) is 5.91 Å². The van der Waals surface area contributed by atoms with E-state index in [-0.39, 0.29) is 34.6 Å². The van der Waals surface area contributed by atoms with Crippen molar-refractivity contribution in [2.75, 3.05) is 32.9 Å². The van der Waals surface area contributed by atoms with Crippen LogP contribution in [0.15, 0.2) is 60.5 Å². The molecule has 3 N–H and O–H groups in total. The number of nitrogen functional groups attached to an aromatic ring is 1. The molecule has 2 amide bonds. The van der Waals surface area contributed by atoms with E-state index in [1.54, 1.807) is 32.2 Å². The van der Waals surface area contributed by atoms with E-state index in [1.807, 2.05) is 4.90 Å². The van der Waals surface area contributed by atoms with Crippen LogP contribution in [0.25, 0.3) is 0 Å². The number of benzene rings is 1. The van der Waals surface area contributed by atoms with Gasteiger partial charge in [-0.25, -0.2) is 14.4 Å². The summed E-state index contributed by atoms with van der Waals surface area (Å²) in [7, 11) is 3.05. The van der Waals surface area contributed by atoms with Crippen LogP contribution in [0, 0.1) is 18.7 Å². The number of nitrogens with one attached hydrogen (secondary N) is 1. The lowest BCUT2D eigenvalue weighted by atomic mass is 10.0. The summed E-state index contributed by atoms with van der Waals surface area (Å²) in [6.45, 7) is 9.24. The van der Waals surface area contributed by atoms with Crippen LogP contribution in [0.1, 0.15) is 47.1 Å². The van der Waals surface area contributed by atoms with Crippen molar-refractivity contribution in [2.24, 2.45) is 10.9 Å². The molecule has 11 heteroatoms. The Labute approximate surface area is 233 Å². The maximum absolute atomic E-state index is 14.9. The number of likely N-dealkylation sites (tertiary alicyclic amines) is 1. The first-order valence-corrected chi connectivity index (χ1v) is 12.8. The van der Waals surface area contributed by atoms with Crippen molar-refractivity contribution >= 4 is 23.3 Å².